The SMILES string of the molecule is Cc1ccc(-c2cc(C(=O)Nc3ccc(Cl)cc3F)c3ccccc3n2)o1. The molecule has 4 rings (SSSR count). The van der Waals surface area contributed by atoms with E-state index in [1.807, 2.05) is 31.2 Å². The second kappa shape index (κ2) is 6.85. The minimum Gasteiger partial charge on any atom is -0.460 e. The Labute approximate surface area is 159 Å². The predicted octanol–water partition coefficient (Wildman–Crippen LogP) is 5.85. The van der Waals surface area contributed by atoms with Crippen molar-refractivity contribution < 1.29 is 13.6 Å². The summed E-state index contributed by atoms with van der Waals surface area (Å²) >= 11 is 5.77. The minimum atomic E-state index is -0.601. The molecule has 0 aliphatic rings. The average Bonchev–Trinajstić information content (AvgIpc) is 3.09. The molecule has 1 amide bonds. The van der Waals surface area contributed by atoms with E-state index in [2.05, 4.69) is 10.3 Å². The number of carbonyl (C=O) groups excluding carboxylic acids is 1. The highest BCUT2D eigenvalue weighted by molar-refractivity contribution is 6.30. The first-order valence-electron chi connectivity index (χ1n) is 8.24. The third kappa shape index (κ3) is 3.41. The number of amides is 1. The number of halogens is 2. The minimum absolute atomic E-state index is 0.0562. The number of carbonyl (C=O) groups is 1. The van der Waals surface area contributed by atoms with E-state index in [1.54, 1.807) is 18.2 Å². The summed E-state index contributed by atoms with van der Waals surface area (Å²) in [5, 5.41) is 3.52. The molecule has 1 N–H and O–H groups in total. The second-order valence-electron chi connectivity index (χ2n) is 6.06. The van der Waals surface area contributed by atoms with Gasteiger partial charge in [0.25, 0.3) is 5.91 Å². The van der Waals surface area contributed by atoms with Gasteiger partial charge in [0.05, 0.1) is 16.8 Å². The third-order valence-electron chi connectivity index (χ3n) is 4.13. The Hall–Kier alpha value is -3.18. The van der Waals surface area contributed by atoms with E-state index < -0.39 is 11.7 Å². The predicted molar refractivity (Wildman–Crippen MR) is 104 cm³/mol. The molecule has 0 radical (unpaired) electrons. The number of furan rings is 1. The molecule has 6 heteroatoms. The lowest BCUT2D eigenvalue weighted by Gasteiger charge is -2.10. The lowest BCUT2D eigenvalue weighted by atomic mass is 10.1. The van der Waals surface area contributed by atoms with Crippen molar-refractivity contribution in [1.29, 1.82) is 0 Å². The van der Waals surface area contributed by atoms with Crippen molar-refractivity contribution >= 4 is 34.1 Å². The van der Waals surface area contributed by atoms with Crippen LogP contribution in [0.1, 0.15) is 16.1 Å². The van der Waals surface area contributed by atoms with Crippen LogP contribution in [0.5, 0.6) is 0 Å². The van der Waals surface area contributed by atoms with E-state index in [0.29, 0.717) is 27.9 Å². The van der Waals surface area contributed by atoms with E-state index in [4.69, 9.17) is 16.0 Å². The maximum atomic E-state index is 14.1. The molecule has 0 aliphatic heterocycles. The number of fused-ring (bicyclic) bond motifs is 1. The Balaban J connectivity index is 1.80. The van der Waals surface area contributed by atoms with Crippen LogP contribution in [-0.4, -0.2) is 10.9 Å². The van der Waals surface area contributed by atoms with Gasteiger partial charge in [-0.15, -0.1) is 0 Å². The first kappa shape index (κ1) is 17.2. The highest BCUT2D eigenvalue weighted by atomic mass is 35.5. The van der Waals surface area contributed by atoms with Crippen molar-refractivity contribution in [2.24, 2.45) is 0 Å². The van der Waals surface area contributed by atoms with Crippen molar-refractivity contribution in [3.63, 3.8) is 0 Å². The number of anilines is 1. The maximum Gasteiger partial charge on any atom is 0.256 e. The van der Waals surface area contributed by atoms with E-state index in [0.717, 1.165) is 11.8 Å². The molecule has 27 heavy (non-hydrogen) atoms. The van der Waals surface area contributed by atoms with Crippen LogP contribution >= 0.6 is 11.6 Å². The van der Waals surface area contributed by atoms with Crippen molar-refractivity contribution in [1.82, 2.24) is 4.98 Å². The van der Waals surface area contributed by atoms with Crippen LogP contribution in [0, 0.1) is 12.7 Å². The number of benzene rings is 2. The summed E-state index contributed by atoms with van der Waals surface area (Å²) in [5.41, 5.74) is 1.61. The van der Waals surface area contributed by atoms with Gasteiger partial charge in [-0.3, -0.25) is 4.79 Å². The average molecular weight is 381 g/mol. The molecule has 0 fully saturated rings. The Bertz CT molecular complexity index is 1170. The van der Waals surface area contributed by atoms with Crippen LogP contribution in [0.2, 0.25) is 5.02 Å². The summed E-state index contributed by atoms with van der Waals surface area (Å²) in [6.45, 7) is 1.83. The van der Waals surface area contributed by atoms with Gasteiger partial charge < -0.3 is 9.73 Å². The number of para-hydroxylation sites is 1. The van der Waals surface area contributed by atoms with Gasteiger partial charge in [0.15, 0.2) is 5.76 Å². The van der Waals surface area contributed by atoms with Crippen molar-refractivity contribution in [3.8, 4) is 11.5 Å². The summed E-state index contributed by atoms with van der Waals surface area (Å²) < 4.78 is 19.7. The molecule has 4 nitrogen and oxygen atoms in total. The van der Waals surface area contributed by atoms with Gasteiger partial charge in [-0.1, -0.05) is 29.8 Å². The van der Waals surface area contributed by atoms with E-state index in [-0.39, 0.29) is 10.7 Å². The Kier molecular flexibility index (Phi) is 4.38. The molecule has 0 bridgehead atoms. The summed E-state index contributed by atoms with van der Waals surface area (Å²) in [5.74, 6) is 0.259. The number of nitrogens with zero attached hydrogens (tertiary/aromatic N) is 1. The van der Waals surface area contributed by atoms with Crippen LogP contribution < -0.4 is 5.32 Å². The second-order valence-corrected chi connectivity index (χ2v) is 6.50. The molecule has 0 spiro atoms. The maximum absolute atomic E-state index is 14.1. The molecule has 134 valence electrons. The normalized spacial score (nSPS) is 10.9. The van der Waals surface area contributed by atoms with Gasteiger partial charge in [0.2, 0.25) is 0 Å². The summed E-state index contributed by atoms with van der Waals surface area (Å²) in [7, 11) is 0. The topological polar surface area (TPSA) is 55.1 Å². The number of hydrogen-bond acceptors (Lipinski definition) is 3. The van der Waals surface area contributed by atoms with Gasteiger partial charge in [-0.2, -0.15) is 0 Å². The molecule has 0 aliphatic carbocycles. The lowest BCUT2D eigenvalue weighted by molar-refractivity contribution is 0.102. The van der Waals surface area contributed by atoms with Crippen LogP contribution in [-0.2, 0) is 0 Å². The van der Waals surface area contributed by atoms with Crippen LogP contribution in [0.25, 0.3) is 22.4 Å². The number of pyridine rings is 1. The fourth-order valence-corrected chi connectivity index (χ4v) is 3.00. The quantitative estimate of drug-likeness (QED) is 0.485. The van der Waals surface area contributed by atoms with Crippen molar-refractivity contribution in [2.75, 3.05) is 5.32 Å². The molecular weight excluding hydrogens is 367 g/mol. The van der Waals surface area contributed by atoms with E-state index >= 15 is 0 Å². The van der Waals surface area contributed by atoms with Gasteiger partial charge in [-0.25, -0.2) is 9.37 Å². The van der Waals surface area contributed by atoms with Gasteiger partial charge >= 0.3 is 0 Å². The third-order valence-corrected chi connectivity index (χ3v) is 4.37. The molecule has 2 aromatic carbocycles. The van der Waals surface area contributed by atoms with Gasteiger partial charge in [0.1, 0.15) is 17.3 Å². The van der Waals surface area contributed by atoms with Gasteiger partial charge in [-0.05, 0) is 49.4 Å². The monoisotopic (exact) mass is 380 g/mol. The van der Waals surface area contributed by atoms with Crippen LogP contribution in [0.15, 0.2) is 65.1 Å². The van der Waals surface area contributed by atoms with Crippen LogP contribution in [0.3, 0.4) is 0 Å². The molecule has 0 unspecified atom stereocenters. The number of aromatic nitrogens is 1. The smallest absolute Gasteiger partial charge is 0.256 e. The van der Waals surface area contributed by atoms with E-state index in [1.165, 1.54) is 12.1 Å². The summed E-state index contributed by atoms with van der Waals surface area (Å²) in [6.07, 6.45) is 0. The molecule has 4 aromatic rings. The zero-order chi connectivity index (χ0) is 19.0. The molecule has 0 saturated heterocycles. The van der Waals surface area contributed by atoms with Crippen molar-refractivity contribution in [3.05, 3.63) is 82.8 Å². The first-order valence-corrected chi connectivity index (χ1v) is 8.62. The standard InChI is InChI=1S/C21H14ClFN2O2/c1-12-6-9-20(27-12)19-11-15(14-4-2-3-5-17(14)24-19)21(26)25-18-8-7-13(22)10-16(18)23/h2-11H,1H3,(H,25,26). The summed E-state index contributed by atoms with van der Waals surface area (Å²) in [6, 6.07) is 16.6. The first-order chi connectivity index (χ1) is 13.0. The Morgan fingerprint density at radius 2 is 1.93 bits per heavy atom. The molecule has 2 aromatic heterocycles. The molecular formula is C21H14ClFN2O2. The highest BCUT2D eigenvalue weighted by Gasteiger charge is 2.17. The van der Waals surface area contributed by atoms with Gasteiger partial charge in [0, 0.05) is 10.4 Å². The lowest BCUT2D eigenvalue weighted by Crippen LogP contribution is -2.14. The van der Waals surface area contributed by atoms with Crippen LogP contribution in [0.4, 0.5) is 10.1 Å². The number of nitrogens with one attached hydrogen (secondary N) is 1. The molecule has 0 atom stereocenters. The summed E-state index contributed by atoms with van der Waals surface area (Å²) in [4.78, 5) is 17.5. The molecule has 0 saturated carbocycles. The van der Waals surface area contributed by atoms with Crippen molar-refractivity contribution in [2.45, 2.75) is 6.92 Å². The number of aryl methyl sites for hydroxylation is 1. The fraction of sp³-hybridized carbons (Fsp3) is 0.0476. The zero-order valence-corrected chi connectivity index (χ0v) is 15.0. The Morgan fingerprint density at radius 3 is 2.67 bits per heavy atom. The fourth-order valence-electron chi connectivity index (χ4n) is 2.84. The zero-order valence-electron chi connectivity index (χ0n) is 14.3. The van der Waals surface area contributed by atoms with E-state index in [9.17, 15) is 9.18 Å². The number of hydrogen-bond donors (Lipinski definition) is 1. The highest BCUT2D eigenvalue weighted by Crippen LogP contribution is 2.27. The number of rotatable bonds is 3. The largest absolute Gasteiger partial charge is 0.460 e. The Morgan fingerprint density at radius 1 is 1.11 bits per heavy atom. The molecule has 2 heterocycles.